The van der Waals surface area contributed by atoms with Crippen molar-refractivity contribution < 1.29 is 13.9 Å². The smallest absolute Gasteiger partial charge is 0.298 e. The number of hydrogen-bond acceptors (Lipinski definition) is 5. The number of rotatable bonds is 4. The van der Waals surface area contributed by atoms with Gasteiger partial charge in [-0.25, -0.2) is 0 Å². The number of aromatic nitrogens is 1. The summed E-state index contributed by atoms with van der Waals surface area (Å²) in [6.07, 6.45) is 0. The second kappa shape index (κ2) is 4.55. The molecule has 2 heterocycles. The fraction of sp³-hybridized carbons (Fsp3) is 0.385. The standard InChI is InChI=1S/C13H15N3O3/c1-16(5-8-6-18-7-8)13-15-11-9(12(14)17)3-2-4-10(11)19-13/h2-4,8H,5-7H2,1H3,(H2,14,17). The highest BCUT2D eigenvalue weighted by Crippen LogP contribution is 2.25. The molecular formula is C13H15N3O3. The van der Waals surface area contributed by atoms with Crippen LogP contribution in [-0.4, -0.2) is 37.7 Å². The molecule has 19 heavy (non-hydrogen) atoms. The van der Waals surface area contributed by atoms with E-state index in [1.807, 2.05) is 11.9 Å². The van der Waals surface area contributed by atoms with Crippen molar-refractivity contribution in [3.63, 3.8) is 0 Å². The fourth-order valence-electron chi connectivity index (χ4n) is 2.15. The maximum atomic E-state index is 11.3. The Morgan fingerprint density at radius 3 is 2.95 bits per heavy atom. The molecule has 2 N–H and O–H groups in total. The van der Waals surface area contributed by atoms with E-state index < -0.39 is 5.91 Å². The first-order valence-corrected chi connectivity index (χ1v) is 6.13. The first kappa shape index (κ1) is 12.0. The molecule has 1 aliphatic rings. The predicted octanol–water partition coefficient (Wildman–Crippen LogP) is 1.01. The van der Waals surface area contributed by atoms with Crippen molar-refractivity contribution in [2.45, 2.75) is 0 Å². The average molecular weight is 261 g/mol. The lowest BCUT2D eigenvalue weighted by atomic mass is 10.1. The zero-order valence-corrected chi connectivity index (χ0v) is 10.6. The molecule has 6 heteroatoms. The highest BCUT2D eigenvalue weighted by molar-refractivity contribution is 6.03. The second-order valence-corrected chi connectivity index (χ2v) is 4.80. The summed E-state index contributed by atoms with van der Waals surface area (Å²) in [6, 6.07) is 5.66. The Hall–Kier alpha value is -2.08. The van der Waals surface area contributed by atoms with Crippen LogP contribution in [0, 0.1) is 5.92 Å². The van der Waals surface area contributed by atoms with Gasteiger partial charge in [0.2, 0.25) is 0 Å². The van der Waals surface area contributed by atoms with Gasteiger partial charge in [0, 0.05) is 19.5 Å². The number of primary amides is 1. The molecule has 1 aliphatic heterocycles. The Morgan fingerprint density at radius 1 is 1.53 bits per heavy atom. The maximum Gasteiger partial charge on any atom is 0.298 e. The molecule has 2 aromatic rings. The molecule has 1 fully saturated rings. The van der Waals surface area contributed by atoms with Crippen LogP contribution in [0.5, 0.6) is 0 Å². The zero-order chi connectivity index (χ0) is 13.4. The lowest BCUT2D eigenvalue weighted by Gasteiger charge is -2.29. The van der Waals surface area contributed by atoms with E-state index in [2.05, 4.69) is 4.98 Å². The van der Waals surface area contributed by atoms with Gasteiger partial charge in [0.15, 0.2) is 5.58 Å². The van der Waals surface area contributed by atoms with E-state index in [-0.39, 0.29) is 0 Å². The largest absolute Gasteiger partial charge is 0.423 e. The third-order valence-corrected chi connectivity index (χ3v) is 3.24. The summed E-state index contributed by atoms with van der Waals surface area (Å²) < 4.78 is 10.8. The van der Waals surface area contributed by atoms with E-state index in [0.717, 1.165) is 19.8 Å². The van der Waals surface area contributed by atoms with Crippen LogP contribution in [0.25, 0.3) is 11.1 Å². The van der Waals surface area contributed by atoms with Crippen molar-refractivity contribution in [2.24, 2.45) is 11.7 Å². The van der Waals surface area contributed by atoms with Crippen molar-refractivity contribution in [1.82, 2.24) is 4.98 Å². The lowest BCUT2D eigenvalue weighted by molar-refractivity contribution is -0.0275. The summed E-state index contributed by atoms with van der Waals surface area (Å²) in [7, 11) is 1.91. The van der Waals surface area contributed by atoms with Gasteiger partial charge in [0.25, 0.3) is 11.9 Å². The molecular weight excluding hydrogens is 246 g/mol. The molecule has 0 bridgehead atoms. The summed E-state index contributed by atoms with van der Waals surface area (Å²) >= 11 is 0. The van der Waals surface area contributed by atoms with E-state index in [0.29, 0.717) is 28.6 Å². The summed E-state index contributed by atoms with van der Waals surface area (Å²) in [5.41, 5.74) is 6.80. The quantitative estimate of drug-likeness (QED) is 0.888. The number of benzene rings is 1. The Labute approximate surface area is 110 Å². The van der Waals surface area contributed by atoms with Crippen LogP contribution in [0.2, 0.25) is 0 Å². The topological polar surface area (TPSA) is 81.6 Å². The van der Waals surface area contributed by atoms with Gasteiger partial charge in [0.05, 0.1) is 18.8 Å². The van der Waals surface area contributed by atoms with Crippen molar-refractivity contribution in [3.8, 4) is 0 Å². The molecule has 0 radical (unpaired) electrons. The molecule has 0 unspecified atom stereocenters. The number of fused-ring (bicyclic) bond motifs is 1. The summed E-state index contributed by atoms with van der Waals surface area (Å²) in [4.78, 5) is 17.6. The molecule has 3 rings (SSSR count). The number of carbonyl (C=O) groups excluding carboxylic acids is 1. The van der Waals surface area contributed by atoms with Gasteiger partial charge in [0.1, 0.15) is 5.52 Å². The van der Waals surface area contributed by atoms with Crippen molar-refractivity contribution in [1.29, 1.82) is 0 Å². The first-order valence-electron chi connectivity index (χ1n) is 6.13. The van der Waals surface area contributed by atoms with Crippen LogP contribution in [0.4, 0.5) is 6.01 Å². The first-order chi connectivity index (χ1) is 9.15. The van der Waals surface area contributed by atoms with Crippen LogP contribution in [0.15, 0.2) is 22.6 Å². The number of oxazole rings is 1. The van der Waals surface area contributed by atoms with Gasteiger partial charge in [-0.3, -0.25) is 4.79 Å². The monoisotopic (exact) mass is 261 g/mol. The highest BCUT2D eigenvalue weighted by Gasteiger charge is 2.23. The summed E-state index contributed by atoms with van der Waals surface area (Å²) in [5.74, 6) is 0.0103. The van der Waals surface area contributed by atoms with Crippen molar-refractivity contribution >= 4 is 23.0 Å². The predicted molar refractivity (Wildman–Crippen MR) is 70.1 cm³/mol. The molecule has 6 nitrogen and oxygen atoms in total. The van der Waals surface area contributed by atoms with Gasteiger partial charge in [-0.15, -0.1) is 0 Å². The fourth-order valence-corrected chi connectivity index (χ4v) is 2.15. The third-order valence-electron chi connectivity index (χ3n) is 3.24. The van der Waals surface area contributed by atoms with Crippen LogP contribution >= 0.6 is 0 Å². The van der Waals surface area contributed by atoms with Gasteiger partial charge < -0.3 is 19.8 Å². The van der Waals surface area contributed by atoms with E-state index in [4.69, 9.17) is 14.9 Å². The van der Waals surface area contributed by atoms with Crippen molar-refractivity contribution in [3.05, 3.63) is 23.8 Å². The Balaban J connectivity index is 1.92. The van der Waals surface area contributed by atoms with E-state index in [1.54, 1.807) is 18.2 Å². The van der Waals surface area contributed by atoms with Crippen LogP contribution < -0.4 is 10.6 Å². The van der Waals surface area contributed by atoms with Crippen molar-refractivity contribution in [2.75, 3.05) is 31.7 Å². The molecule has 0 aliphatic carbocycles. The highest BCUT2D eigenvalue weighted by atomic mass is 16.5. The summed E-state index contributed by atoms with van der Waals surface area (Å²) in [6.45, 7) is 2.37. The normalized spacial score (nSPS) is 15.4. The number of nitrogens with zero attached hydrogens (tertiary/aromatic N) is 2. The van der Waals surface area contributed by atoms with Crippen LogP contribution in [0.1, 0.15) is 10.4 Å². The average Bonchev–Trinajstić information content (AvgIpc) is 2.76. The Bertz CT molecular complexity index is 619. The Morgan fingerprint density at radius 2 is 2.32 bits per heavy atom. The van der Waals surface area contributed by atoms with E-state index >= 15 is 0 Å². The number of hydrogen-bond donors (Lipinski definition) is 1. The minimum Gasteiger partial charge on any atom is -0.423 e. The second-order valence-electron chi connectivity index (χ2n) is 4.80. The van der Waals surface area contributed by atoms with Gasteiger partial charge in [-0.05, 0) is 12.1 Å². The maximum absolute atomic E-state index is 11.3. The minimum atomic E-state index is -0.500. The lowest BCUT2D eigenvalue weighted by Crippen LogP contribution is -2.37. The molecule has 0 saturated carbocycles. The number of ether oxygens (including phenoxy) is 1. The number of para-hydroxylation sites is 1. The van der Waals surface area contributed by atoms with E-state index in [9.17, 15) is 4.79 Å². The summed E-state index contributed by atoms with van der Waals surface area (Å²) in [5, 5.41) is 0. The molecule has 0 atom stereocenters. The van der Waals surface area contributed by atoms with Gasteiger partial charge in [-0.2, -0.15) is 4.98 Å². The Kier molecular flexibility index (Phi) is 2.87. The molecule has 1 saturated heterocycles. The number of anilines is 1. The van der Waals surface area contributed by atoms with Crippen LogP contribution in [0.3, 0.4) is 0 Å². The number of carbonyl (C=O) groups is 1. The number of nitrogens with two attached hydrogens (primary N) is 1. The molecule has 100 valence electrons. The third kappa shape index (κ3) is 2.15. The molecule has 0 spiro atoms. The van der Waals surface area contributed by atoms with E-state index in [1.165, 1.54) is 0 Å². The molecule has 1 amide bonds. The van der Waals surface area contributed by atoms with Crippen LogP contribution in [-0.2, 0) is 4.74 Å². The zero-order valence-electron chi connectivity index (χ0n) is 10.6. The molecule has 1 aromatic heterocycles. The SMILES string of the molecule is CN(CC1COC1)c1nc2c(C(N)=O)cccc2o1. The minimum absolute atomic E-state index is 0.382. The van der Waals surface area contributed by atoms with Gasteiger partial charge in [-0.1, -0.05) is 6.07 Å². The molecule has 1 aromatic carbocycles. The van der Waals surface area contributed by atoms with Gasteiger partial charge >= 0.3 is 0 Å². The number of amides is 1.